The van der Waals surface area contributed by atoms with Gasteiger partial charge < -0.3 is 14.8 Å². The van der Waals surface area contributed by atoms with Crippen molar-refractivity contribution < 1.29 is 18.7 Å². The van der Waals surface area contributed by atoms with Gasteiger partial charge in [0.2, 0.25) is 5.91 Å². The van der Waals surface area contributed by atoms with Crippen LogP contribution in [-0.4, -0.2) is 36.6 Å². The minimum atomic E-state index is -0.358. The average molecular weight is 427 g/mol. The number of methoxy groups -OCH3 is 1. The lowest BCUT2D eigenvalue weighted by molar-refractivity contribution is -0.127. The molecule has 0 bridgehead atoms. The first-order valence-corrected chi connectivity index (χ1v) is 11.0. The van der Waals surface area contributed by atoms with Gasteiger partial charge in [0.25, 0.3) is 0 Å². The highest BCUT2D eigenvalue weighted by Gasteiger charge is 2.36. The van der Waals surface area contributed by atoms with Crippen LogP contribution in [0.5, 0.6) is 11.5 Å². The van der Waals surface area contributed by atoms with E-state index in [0.29, 0.717) is 18.5 Å². The van der Waals surface area contributed by atoms with Crippen molar-refractivity contribution in [2.24, 2.45) is 5.92 Å². The maximum absolute atomic E-state index is 13.9. The van der Waals surface area contributed by atoms with Gasteiger partial charge in [-0.05, 0) is 64.0 Å². The van der Waals surface area contributed by atoms with Gasteiger partial charge in [0.05, 0.1) is 13.2 Å². The van der Waals surface area contributed by atoms with E-state index in [4.69, 9.17) is 9.47 Å². The largest absolute Gasteiger partial charge is 0.497 e. The molecule has 1 N–H and O–H groups in total. The average Bonchev–Trinajstić information content (AvgIpc) is 2.75. The first-order valence-electron chi connectivity index (χ1n) is 11.0. The van der Waals surface area contributed by atoms with E-state index in [1.807, 2.05) is 44.2 Å². The molecule has 6 heteroatoms. The molecular weight excluding hydrogens is 395 g/mol. The number of nitrogens with one attached hydrogen (secondary N) is 1. The number of rotatable bonds is 5. The van der Waals surface area contributed by atoms with Crippen molar-refractivity contribution in [3.63, 3.8) is 0 Å². The first-order chi connectivity index (χ1) is 14.8. The van der Waals surface area contributed by atoms with Gasteiger partial charge >= 0.3 is 0 Å². The Morgan fingerprint density at radius 3 is 2.68 bits per heavy atom. The van der Waals surface area contributed by atoms with Gasteiger partial charge in [0, 0.05) is 30.0 Å². The Kier molecular flexibility index (Phi) is 6.19. The molecule has 2 aromatic carbocycles. The summed E-state index contributed by atoms with van der Waals surface area (Å²) in [4.78, 5) is 15.3. The Morgan fingerprint density at radius 1 is 1.23 bits per heavy atom. The minimum Gasteiger partial charge on any atom is -0.497 e. The summed E-state index contributed by atoms with van der Waals surface area (Å²) in [5.41, 5.74) is 1.31. The molecule has 166 valence electrons. The lowest BCUT2D eigenvalue weighted by atomic mass is 9.88. The lowest BCUT2D eigenvalue weighted by Gasteiger charge is -2.39. The molecule has 1 amide bonds. The summed E-state index contributed by atoms with van der Waals surface area (Å²) in [6, 6.07) is 12.5. The molecular formula is C25H31FN2O3. The van der Waals surface area contributed by atoms with Crippen LogP contribution in [0, 0.1) is 11.7 Å². The number of likely N-dealkylation sites (tertiary alicyclic amines) is 1. The van der Waals surface area contributed by atoms with Crippen LogP contribution in [0.3, 0.4) is 0 Å². The molecule has 31 heavy (non-hydrogen) atoms. The van der Waals surface area contributed by atoms with Gasteiger partial charge in [0.15, 0.2) is 0 Å². The van der Waals surface area contributed by atoms with Gasteiger partial charge in [-0.2, -0.15) is 0 Å². The molecule has 0 spiro atoms. The quantitative estimate of drug-likeness (QED) is 0.767. The van der Waals surface area contributed by atoms with Crippen molar-refractivity contribution in [2.45, 2.75) is 51.3 Å². The van der Waals surface area contributed by atoms with Gasteiger partial charge in [-0.15, -0.1) is 0 Å². The van der Waals surface area contributed by atoms with Gasteiger partial charge in [-0.3, -0.25) is 9.69 Å². The second kappa shape index (κ2) is 8.87. The van der Waals surface area contributed by atoms with Gasteiger partial charge in [-0.25, -0.2) is 4.39 Å². The summed E-state index contributed by atoms with van der Waals surface area (Å²) in [7, 11) is 1.64. The van der Waals surface area contributed by atoms with Crippen molar-refractivity contribution in [3.05, 3.63) is 59.4 Å². The number of piperidine rings is 1. The Labute approximate surface area is 183 Å². The van der Waals surface area contributed by atoms with Crippen molar-refractivity contribution >= 4 is 5.91 Å². The summed E-state index contributed by atoms with van der Waals surface area (Å²) in [6.07, 6.45) is 2.25. The Balaban J connectivity index is 1.38. The predicted octanol–water partition coefficient (Wildman–Crippen LogP) is 4.46. The van der Waals surface area contributed by atoms with Crippen LogP contribution in [-0.2, 0) is 11.3 Å². The third-order valence-corrected chi connectivity index (χ3v) is 6.30. The molecule has 2 heterocycles. The first kappa shape index (κ1) is 21.6. The van der Waals surface area contributed by atoms with E-state index in [1.165, 1.54) is 6.07 Å². The van der Waals surface area contributed by atoms with E-state index in [0.717, 1.165) is 43.0 Å². The highest BCUT2D eigenvalue weighted by Crippen LogP contribution is 2.41. The van der Waals surface area contributed by atoms with Crippen LogP contribution in [0.4, 0.5) is 4.39 Å². The van der Waals surface area contributed by atoms with Crippen molar-refractivity contribution in [2.75, 3.05) is 20.2 Å². The van der Waals surface area contributed by atoms with Crippen molar-refractivity contribution in [1.29, 1.82) is 0 Å². The number of halogens is 1. The zero-order chi connectivity index (χ0) is 22.0. The zero-order valence-electron chi connectivity index (χ0n) is 18.5. The van der Waals surface area contributed by atoms with E-state index in [1.54, 1.807) is 13.2 Å². The molecule has 2 aliphatic heterocycles. The zero-order valence-corrected chi connectivity index (χ0v) is 18.5. The fourth-order valence-electron chi connectivity index (χ4n) is 4.60. The molecule has 1 saturated heterocycles. The normalized spacial score (nSPS) is 21.1. The summed E-state index contributed by atoms with van der Waals surface area (Å²) in [5.74, 6) is 1.43. The van der Waals surface area contributed by atoms with Crippen LogP contribution in [0.2, 0.25) is 0 Å². The van der Waals surface area contributed by atoms with Gasteiger partial charge in [-0.1, -0.05) is 18.2 Å². The summed E-state index contributed by atoms with van der Waals surface area (Å²) >= 11 is 0. The third-order valence-electron chi connectivity index (χ3n) is 6.30. The molecule has 1 fully saturated rings. The number of hydrogen-bond acceptors (Lipinski definition) is 4. The number of benzene rings is 2. The Hall–Kier alpha value is -2.60. The van der Waals surface area contributed by atoms with Crippen LogP contribution in [0.25, 0.3) is 0 Å². The Morgan fingerprint density at radius 2 is 1.97 bits per heavy atom. The number of amides is 1. The molecule has 1 atom stereocenters. The molecule has 0 aromatic heterocycles. The molecule has 5 nitrogen and oxygen atoms in total. The smallest absolute Gasteiger partial charge is 0.223 e. The fraction of sp³-hybridized carbons (Fsp3) is 0.480. The number of hydrogen-bond donors (Lipinski definition) is 1. The van der Waals surface area contributed by atoms with Crippen molar-refractivity contribution in [1.82, 2.24) is 10.2 Å². The van der Waals surface area contributed by atoms with E-state index < -0.39 is 0 Å². The highest BCUT2D eigenvalue weighted by molar-refractivity contribution is 5.79. The van der Waals surface area contributed by atoms with Crippen molar-refractivity contribution in [3.8, 4) is 11.5 Å². The van der Waals surface area contributed by atoms with Crippen LogP contribution in [0.15, 0.2) is 42.5 Å². The molecule has 0 radical (unpaired) electrons. The van der Waals surface area contributed by atoms with Crippen LogP contribution in [0.1, 0.15) is 50.3 Å². The second-order valence-electron chi connectivity index (χ2n) is 9.17. The maximum Gasteiger partial charge on any atom is 0.223 e. The summed E-state index contributed by atoms with van der Waals surface area (Å²) in [6.45, 7) is 6.25. The van der Waals surface area contributed by atoms with Gasteiger partial charge in [0.1, 0.15) is 22.9 Å². The standard InChI is InChI=1S/C25H31FN2O3/c1-25(2)15-22(20-14-19(30-3)8-9-23(20)31-25)27-24(29)17-10-12-28(13-11-17)16-18-6-4-5-7-21(18)26/h4-9,14,17,22H,10-13,15-16H2,1-3H3,(H,27,29). The second-order valence-corrected chi connectivity index (χ2v) is 9.17. The SMILES string of the molecule is COc1ccc2c(c1)C(NC(=O)C1CCN(Cc3ccccc3F)CC1)CC(C)(C)O2. The minimum absolute atomic E-state index is 0.0307. The molecule has 1 unspecified atom stereocenters. The monoisotopic (exact) mass is 426 g/mol. The lowest BCUT2D eigenvalue weighted by Crippen LogP contribution is -2.45. The van der Waals surface area contributed by atoms with E-state index in [-0.39, 0.29) is 29.3 Å². The van der Waals surface area contributed by atoms with E-state index in [9.17, 15) is 9.18 Å². The Bertz CT molecular complexity index is 938. The highest BCUT2D eigenvalue weighted by atomic mass is 19.1. The van der Waals surface area contributed by atoms with Crippen LogP contribution < -0.4 is 14.8 Å². The van der Waals surface area contributed by atoms with Crippen LogP contribution >= 0.6 is 0 Å². The number of carbonyl (C=O) groups is 1. The molecule has 2 aromatic rings. The molecule has 4 rings (SSSR count). The number of fused-ring (bicyclic) bond motifs is 1. The molecule has 0 aliphatic carbocycles. The van der Waals surface area contributed by atoms with E-state index in [2.05, 4.69) is 10.2 Å². The fourth-order valence-corrected chi connectivity index (χ4v) is 4.60. The maximum atomic E-state index is 13.9. The third kappa shape index (κ3) is 5.01. The predicted molar refractivity (Wildman–Crippen MR) is 118 cm³/mol. The molecule has 2 aliphatic rings. The molecule has 0 saturated carbocycles. The van der Waals surface area contributed by atoms with E-state index >= 15 is 0 Å². The topological polar surface area (TPSA) is 50.8 Å². The number of nitrogens with zero attached hydrogens (tertiary/aromatic N) is 1. The number of ether oxygens (including phenoxy) is 2. The summed E-state index contributed by atoms with van der Waals surface area (Å²) < 4.78 is 25.4. The summed E-state index contributed by atoms with van der Waals surface area (Å²) in [5, 5.41) is 3.27. The number of carbonyl (C=O) groups excluding carboxylic acids is 1.